The van der Waals surface area contributed by atoms with E-state index in [0.717, 1.165) is 43.2 Å². The van der Waals surface area contributed by atoms with Gasteiger partial charge < -0.3 is 20.0 Å². The van der Waals surface area contributed by atoms with Crippen LogP contribution < -0.4 is 15.1 Å². The topological polar surface area (TPSA) is 31.0 Å². The van der Waals surface area contributed by atoms with Gasteiger partial charge in [-0.1, -0.05) is 19.2 Å². The monoisotopic (exact) mass is 328 g/mol. The van der Waals surface area contributed by atoms with Crippen molar-refractivity contribution in [2.75, 3.05) is 45.2 Å². The van der Waals surface area contributed by atoms with E-state index in [9.17, 15) is 0 Å². The summed E-state index contributed by atoms with van der Waals surface area (Å²) in [6, 6.07) is 6.27. The summed E-state index contributed by atoms with van der Waals surface area (Å²) in [7, 11) is 3.83. The highest BCUT2D eigenvalue weighted by Gasteiger charge is 2.14. The van der Waals surface area contributed by atoms with E-state index in [4.69, 9.17) is 4.84 Å². The molecule has 0 unspecified atom stereocenters. The summed E-state index contributed by atoms with van der Waals surface area (Å²) in [5, 5.41) is 5.13. The number of hydrogen-bond donors (Lipinski definition) is 1. The zero-order valence-corrected chi connectivity index (χ0v) is 15.0. The van der Waals surface area contributed by atoms with E-state index >= 15 is 0 Å². The van der Waals surface area contributed by atoms with E-state index in [1.165, 1.54) is 5.69 Å². The number of nitrogens with zero attached hydrogens (tertiary/aromatic N) is 3. The molecule has 0 aromatic heterocycles. The van der Waals surface area contributed by atoms with Crippen LogP contribution in [-0.4, -0.2) is 50.2 Å². The van der Waals surface area contributed by atoms with Crippen molar-refractivity contribution in [1.82, 2.24) is 15.3 Å². The second-order valence-corrected chi connectivity index (χ2v) is 5.87. The Kier molecular flexibility index (Phi) is 6.32. The second kappa shape index (κ2) is 8.45. The first-order valence-electron chi connectivity index (χ1n) is 8.22. The van der Waals surface area contributed by atoms with Gasteiger partial charge in [-0.2, -0.15) is 0 Å². The molecule has 0 amide bonds. The average molecular weight is 328 g/mol. The van der Waals surface area contributed by atoms with Crippen LogP contribution in [0.25, 0.3) is 6.08 Å². The van der Waals surface area contributed by atoms with Gasteiger partial charge in [0, 0.05) is 63.8 Å². The minimum Gasteiger partial charge on any atom is -0.379 e. The van der Waals surface area contributed by atoms with Gasteiger partial charge in [0.2, 0.25) is 0 Å². The number of piperazine rings is 1. The molecular formula is C19H28N4O. The van der Waals surface area contributed by atoms with Crippen LogP contribution in [0.2, 0.25) is 0 Å². The molecule has 1 aliphatic rings. The smallest absolute Gasteiger partial charge is 0.164 e. The summed E-state index contributed by atoms with van der Waals surface area (Å²) in [5.74, 6) is 0.803. The maximum atomic E-state index is 6.07. The summed E-state index contributed by atoms with van der Waals surface area (Å²) >= 11 is 0. The molecule has 1 aromatic rings. The molecule has 1 fully saturated rings. The Balaban J connectivity index is 2.19. The fourth-order valence-electron chi connectivity index (χ4n) is 2.54. The summed E-state index contributed by atoms with van der Waals surface area (Å²) in [5.41, 5.74) is 3.13. The molecule has 130 valence electrons. The molecule has 0 atom stereocenters. The van der Waals surface area contributed by atoms with Gasteiger partial charge in [-0.15, -0.1) is 0 Å². The van der Waals surface area contributed by atoms with E-state index in [1.807, 2.05) is 38.2 Å². The van der Waals surface area contributed by atoms with Crippen LogP contribution in [0, 0.1) is 0 Å². The van der Waals surface area contributed by atoms with E-state index in [0.29, 0.717) is 0 Å². The van der Waals surface area contributed by atoms with Crippen LogP contribution in [-0.2, 0) is 0 Å². The van der Waals surface area contributed by atoms with Crippen LogP contribution in [0.15, 0.2) is 49.5 Å². The van der Waals surface area contributed by atoms with Crippen molar-refractivity contribution in [3.63, 3.8) is 0 Å². The Bertz CT molecular complexity index is 605. The van der Waals surface area contributed by atoms with E-state index in [-0.39, 0.29) is 0 Å². The summed E-state index contributed by atoms with van der Waals surface area (Å²) in [4.78, 5) is 10.3. The summed E-state index contributed by atoms with van der Waals surface area (Å²) in [6.45, 7) is 13.7. The number of anilines is 1. The van der Waals surface area contributed by atoms with E-state index < -0.39 is 0 Å². The predicted octanol–water partition coefficient (Wildman–Crippen LogP) is 2.90. The quantitative estimate of drug-likeness (QED) is 0.778. The highest BCUT2D eigenvalue weighted by molar-refractivity contribution is 5.62. The van der Waals surface area contributed by atoms with Crippen LogP contribution in [0.3, 0.4) is 0 Å². The molecule has 1 N–H and O–H groups in total. The van der Waals surface area contributed by atoms with E-state index in [1.54, 1.807) is 11.3 Å². The number of allylic oxidation sites excluding steroid dienone is 1. The number of nitrogens with one attached hydrogen (secondary N) is 1. The van der Waals surface area contributed by atoms with E-state index in [2.05, 4.69) is 41.6 Å². The molecule has 1 saturated heterocycles. The number of benzene rings is 1. The fourth-order valence-corrected chi connectivity index (χ4v) is 2.54. The third-order valence-electron chi connectivity index (χ3n) is 4.11. The van der Waals surface area contributed by atoms with Crippen LogP contribution in [0.1, 0.15) is 12.5 Å². The SMILES string of the molecule is C=Cc1ccc(N2CCNCC2)cc1ON(C)/C(C)=C\N(C)C=C. The third kappa shape index (κ3) is 4.55. The Morgan fingerprint density at radius 2 is 1.96 bits per heavy atom. The first kappa shape index (κ1) is 17.9. The lowest BCUT2D eigenvalue weighted by Gasteiger charge is -2.30. The lowest BCUT2D eigenvalue weighted by atomic mass is 10.1. The molecule has 1 heterocycles. The molecule has 1 aliphatic heterocycles. The normalized spacial score (nSPS) is 15.0. The van der Waals surface area contributed by atoms with Crippen LogP contribution >= 0.6 is 0 Å². The van der Waals surface area contributed by atoms with Crippen molar-refractivity contribution in [3.05, 3.63) is 55.0 Å². The maximum Gasteiger partial charge on any atom is 0.164 e. The first-order chi connectivity index (χ1) is 11.5. The Hall–Kier alpha value is -2.40. The van der Waals surface area contributed by atoms with Crippen molar-refractivity contribution in [2.45, 2.75) is 6.92 Å². The van der Waals surface area contributed by atoms with Gasteiger partial charge in [-0.3, -0.25) is 0 Å². The average Bonchev–Trinajstić information content (AvgIpc) is 2.62. The van der Waals surface area contributed by atoms with Crippen molar-refractivity contribution in [3.8, 4) is 5.75 Å². The predicted molar refractivity (Wildman–Crippen MR) is 102 cm³/mol. The molecule has 0 bridgehead atoms. The third-order valence-corrected chi connectivity index (χ3v) is 4.11. The molecule has 0 aliphatic carbocycles. The van der Waals surface area contributed by atoms with Crippen molar-refractivity contribution in [1.29, 1.82) is 0 Å². The van der Waals surface area contributed by atoms with Crippen molar-refractivity contribution in [2.24, 2.45) is 0 Å². The Morgan fingerprint density at radius 1 is 1.25 bits per heavy atom. The summed E-state index contributed by atoms with van der Waals surface area (Å²) < 4.78 is 0. The minimum atomic E-state index is 0.803. The minimum absolute atomic E-state index is 0.803. The molecule has 0 spiro atoms. The van der Waals surface area contributed by atoms with Crippen LogP contribution in [0.5, 0.6) is 5.75 Å². The number of rotatable bonds is 7. The highest BCUT2D eigenvalue weighted by atomic mass is 16.7. The van der Waals surface area contributed by atoms with Gasteiger partial charge in [0.05, 0.1) is 5.70 Å². The van der Waals surface area contributed by atoms with Gasteiger partial charge in [-0.25, -0.2) is 5.06 Å². The fraction of sp³-hybridized carbons (Fsp3) is 0.368. The lowest BCUT2D eigenvalue weighted by molar-refractivity contribution is 0.00458. The van der Waals surface area contributed by atoms with Crippen molar-refractivity contribution >= 4 is 11.8 Å². The molecule has 2 rings (SSSR count). The number of hydroxylamine groups is 2. The maximum absolute atomic E-state index is 6.07. The zero-order valence-electron chi connectivity index (χ0n) is 15.0. The molecule has 5 heteroatoms. The van der Waals surface area contributed by atoms with Gasteiger partial charge >= 0.3 is 0 Å². The van der Waals surface area contributed by atoms with Gasteiger partial charge in [0.15, 0.2) is 5.75 Å². The number of hydrogen-bond acceptors (Lipinski definition) is 5. The second-order valence-electron chi connectivity index (χ2n) is 5.87. The molecule has 1 aromatic carbocycles. The summed E-state index contributed by atoms with van der Waals surface area (Å²) in [6.07, 6.45) is 5.53. The highest BCUT2D eigenvalue weighted by Crippen LogP contribution is 2.28. The van der Waals surface area contributed by atoms with Crippen molar-refractivity contribution < 1.29 is 4.84 Å². The Labute approximate surface area is 145 Å². The van der Waals surface area contributed by atoms with Crippen LogP contribution in [0.4, 0.5) is 5.69 Å². The molecule has 5 nitrogen and oxygen atoms in total. The zero-order chi connectivity index (χ0) is 17.5. The van der Waals surface area contributed by atoms with Gasteiger partial charge in [-0.05, 0) is 25.3 Å². The molecular weight excluding hydrogens is 300 g/mol. The van der Waals surface area contributed by atoms with Gasteiger partial charge in [0.1, 0.15) is 0 Å². The molecule has 24 heavy (non-hydrogen) atoms. The standard InChI is InChI=1S/C19H28N4O/c1-6-17-8-9-18(23-12-10-20-11-13-23)14-19(17)24-22(5)16(3)15-21(4)7-2/h6-9,14-15,20H,1-2,10-13H2,3-5H3/b16-15-. The molecule has 0 radical (unpaired) electrons. The first-order valence-corrected chi connectivity index (χ1v) is 8.22. The molecule has 0 saturated carbocycles. The lowest BCUT2D eigenvalue weighted by Crippen LogP contribution is -2.43. The Morgan fingerprint density at radius 3 is 2.58 bits per heavy atom. The van der Waals surface area contributed by atoms with Gasteiger partial charge in [0.25, 0.3) is 0 Å². The largest absolute Gasteiger partial charge is 0.379 e.